The Kier molecular flexibility index (Phi) is 10.3. The van der Waals surface area contributed by atoms with Crippen molar-refractivity contribution in [1.82, 2.24) is 5.32 Å². The van der Waals surface area contributed by atoms with Crippen LogP contribution in [0.1, 0.15) is 32.8 Å². The molecule has 7 nitrogen and oxygen atoms in total. The smallest absolute Gasteiger partial charge is 0.407 e. The summed E-state index contributed by atoms with van der Waals surface area (Å²) in [7, 11) is 0. The second kappa shape index (κ2) is 12.3. The molecule has 0 bridgehead atoms. The lowest BCUT2D eigenvalue weighted by molar-refractivity contribution is -0.164. The molecule has 1 amide bonds. The molecular weight excluding hydrogens is 326 g/mol. The largest absolute Gasteiger partial charge is 0.466 e. The van der Waals surface area contributed by atoms with Crippen molar-refractivity contribution in [1.29, 1.82) is 0 Å². The van der Waals surface area contributed by atoms with Crippen LogP contribution in [0.2, 0.25) is 0 Å². The molecule has 0 fully saturated rings. The molecule has 0 aliphatic carbocycles. The van der Waals surface area contributed by atoms with E-state index in [0.717, 1.165) is 5.56 Å². The van der Waals surface area contributed by atoms with E-state index in [1.165, 1.54) is 0 Å². The molecule has 1 unspecified atom stereocenters. The third-order valence-electron chi connectivity index (χ3n) is 3.20. The van der Waals surface area contributed by atoms with Crippen LogP contribution in [-0.2, 0) is 30.3 Å². The molecule has 1 rings (SSSR count). The van der Waals surface area contributed by atoms with Gasteiger partial charge in [0, 0.05) is 13.2 Å². The lowest BCUT2D eigenvalue weighted by Crippen LogP contribution is -2.47. The number of ether oxygens (including phenoxy) is 4. The van der Waals surface area contributed by atoms with E-state index in [1.54, 1.807) is 20.8 Å². The highest BCUT2D eigenvalue weighted by atomic mass is 16.7. The number of hydrogen-bond donors (Lipinski definition) is 1. The van der Waals surface area contributed by atoms with Gasteiger partial charge in [-0.05, 0) is 26.3 Å². The predicted molar refractivity (Wildman–Crippen MR) is 91.8 cm³/mol. The van der Waals surface area contributed by atoms with Crippen LogP contribution < -0.4 is 5.32 Å². The summed E-state index contributed by atoms with van der Waals surface area (Å²) in [6, 6.07) is 8.61. The van der Waals surface area contributed by atoms with Crippen molar-refractivity contribution in [2.24, 2.45) is 0 Å². The first-order chi connectivity index (χ1) is 12.1. The average Bonchev–Trinajstić information content (AvgIpc) is 2.60. The van der Waals surface area contributed by atoms with Crippen molar-refractivity contribution in [2.45, 2.75) is 46.1 Å². The van der Waals surface area contributed by atoms with Gasteiger partial charge in [-0.3, -0.25) is 4.79 Å². The van der Waals surface area contributed by atoms with Gasteiger partial charge in [0.25, 0.3) is 0 Å². The van der Waals surface area contributed by atoms with Crippen LogP contribution in [0.25, 0.3) is 0 Å². The SMILES string of the molecule is CCOC(=O)CC(NC(=O)OCc1ccccc1)C(OCC)OCC. The van der Waals surface area contributed by atoms with Gasteiger partial charge in [-0.1, -0.05) is 30.3 Å². The summed E-state index contributed by atoms with van der Waals surface area (Å²) in [5, 5.41) is 2.63. The number of carbonyl (C=O) groups excluding carboxylic acids is 2. The number of benzene rings is 1. The molecule has 140 valence electrons. The molecule has 0 saturated carbocycles. The maximum atomic E-state index is 12.1. The zero-order valence-electron chi connectivity index (χ0n) is 15.0. The van der Waals surface area contributed by atoms with E-state index in [9.17, 15) is 9.59 Å². The Balaban J connectivity index is 2.65. The molecule has 0 aliphatic heterocycles. The summed E-state index contributed by atoms with van der Waals surface area (Å²) in [5.74, 6) is -0.444. The summed E-state index contributed by atoms with van der Waals surface area (Å²) in [4.78, 5) is 23.9. The molecule has 0 radical (unpaired) electrons. The van der Waals surface area contributed by atoms with Gasteiger partial charge in [-0.2, -0.15) is 0 Å². The summed E-state index contributed by atoms with van der Waals surface area (Å²) in [6.07, 6.45) is -1.48. The van der Waals surface area contributed by atoms with E-state index in [-0.39, 0.29) is 19.6 Å². The van der Waals surface area contributed by atoms with Gasteiger partial charge in [0.2, 0.25) is 0 Å². The summed E-state index contributed by atoms with van der Waals surface area (Å²) < 4.78 is 21.1. The molecule has 0 saturated heterocycles. The Bertz CT molecular complexity index is 502. The zero-order chi connectivity index (χ0) is 18.5. The van der Waals surface area contributed by atoms with Crippen LogP contribution in [0.3, 0.4) is 0 Å². The van der Waals surface area contributed by atoms with E-state index in [4.69, 9.17) is 18.9 Å². The van der Waals surface area contributed by atoms with Crippen molar-refractivity contribution < 1.29 is 28.5 Å². The minimum absolute atomic E-state index is 0.0705. The Hall–Kier alpha value is -2.12. The van der Waals surface area contributed by atoms with E-state index < -0.39 is 24.4 Å². The van der Waals surface area contributed by atoms with Gasteiger partial charge in [-0.15, -0.1) is 0 Å². The number of nitrogens with one attached hydrogen (secondary N) is 1. The third kappa shape index (κ3) is 8.51. The molecular formula is C18H27NO6. The number of rotatable bonds is 11. The van der Waals surface area contributed by atoms with Crippen LogP contribution in [0.15, 0.2) is 30.3 Å². The lowest BCUT2D eigenvalue weighted by atomic mass is 10.2. The maximum Gasteiger partial charge on any atom is 0.407 e. The quantitative estimate of drug-likeness (QED) is 0.486. The molecule has 0 spiro atoms. The van der Waals surface area contributed by atoms with Crippen LogP contribution in [0, 0.1) is 0 Å². The molecule has 1 aromatic rings. The molecule has 0 heterocycles. The average molecular weight is 353 g/mol. The summed E-state index contributed by atoms with van der Waals surface area (Å²) in [6.45, 7) is 6.49. The van der Waals surface area contributed by atoms with E-state index in [2.05, 4.69) is 5.32 Å². The highest BCUT2D eigenvalue weighted by Crippen LogP contribution is 2.09. The van der Waals surface area contributed by atoms with Gasteiger partial charge in [0.05, 0.1) is 19.1 Å². The number of esters is 1. The van der Waals surface area contributed by atoms with Crippen LogP contribution in [0.4, 0.5) is 4.79 Å². The second-order valence-electron chi connectivity index (χ2n) is 5.10. The Morgan fingerprint density at radius 3 is 2.16 bits per heavy atom. The molecule has 25 heavy (non-hydrogen) atoms. The zero-order valence-corrected chi connectivity index (χ0v) is 15.0. The van der Waals surface area contributed by atoms with E-state index >= 15 is 0 Å². The van der Waals surface area contributed by atoms with Crippen molar-refractivity contribution in [3.8, 4) is 0 Å². The van der Waals surface area contributed by atoms with Gasteiger partial charge in [0.15, 0.2) is 6.29 Å². The van der Waals surface area contributed by atoms with Gasteiger partial charge in [-0.25, -0.2) is 4.79 Å². The monoisotopic (exact) mass is 353 g/mol. The fraction of sp³-hybridized carbons (Fsp3) is 0.556. The maximum absolute atomic E-state index is 12.1. The minimum atomic E-state index is -0.760. The fourth-order valence-electron chi connectivity index (χ4n) is 2.14. The summed E-state index contributed by atoms with van der Waals surface area (Å²) >= 11 is 0. The van der Waals surface area contributed by atoms with Crippen molar-refractivity contribution in [2.75, 3.05) is 19.8 Å². The Morgan fingerprint density at radius 2 is 1.60 bits per heavy atom. The van der Waals surface area contributed by atoms with E-state index in [1.807, 2.05) is 30.3 Å². The lowest BCUT2D eigenvalue weighted by Gasteiger charge is -2.26. The minimum Gasteiger partial charge on any atom is -0.466 e. The van der Waals surface area contributed by atoms with Crippen molar-refractivity contribution in [3.05, 3.63) is 35.9 Å². The third-order valence-corrected chi connectivity index (χ3v) is 3.20. The van der Waals surface area contributed by atoms with Crippen molar-refractivity contribution in [3.63, 3.8) is 0 Å². The normalized spacial score (nSPS) is 11.8. The molecule has 7 heteroatoms. The number of hydrogen-bond acceptors (Lipinski definition) is 6. The molecule has 0 aromatic heterocycles. The first-order valence-corrected chi connectivity index (χ1v) is 8.46. The van der Waals surface area contributed by atoms with Crippen LogP contribution in [0.5, 0.6) is 0 Å². The Morgan fingerprint density at radius 1 is 0.960 bits per heavy atom. The van der Waals surface area contributed by atoms with Gasteiger partial charge < -0.3 is 24.3 Å². The van der Waals surface area contributed by atoms with Gasteiger partial charge in [0.1, 0.15) is 6.61 Å². The number of amides is 1. The fourth-order valence-corrected chi connectivity index (χ4v) is 2.14. The van der Waals surface area contributed by atoms with E-state index in [0.29, 0.717) is 13.2 Å². The number of alkyl carbamates (subject to hydrolysis) is 1. The molecule has 0 aliphatic rings. The predicted octanol–water partition coefficient (Wildman–Crippen LogP) is 2.63. The standard InChI is InChI=1S/C18H27NO6/c1-4-22-16(20)12-15(17(23-5-2)24-6-3)19-18(21)25-13-14-10-8-7-9-11-14/h7-11,15,17H,4-6,12-13H2,1-3H3,(H,19,21). The van der Waals surface area contributed by atoms with Crippen molar-refractivity contribution >= 4 is 12.1 Å². The Labute approximate surface area is 148 Å². The number of carbonyl (C=O) groups is 2. The highest BCUT2D eigenvalue weighted by molar-refractivity contribution is 5.72. The van der Waals surface area contributed by atoms with Crippen LogP contribution >= 0.6 is 0 Å². The topological polar surface area (TPSA) is 83.1 Å². The summed E-state index contributed by atoms with van der Waals surface area (Å²) in [5.41, 5.74) is 0.866. The van der Waals surface area contributed by atoms with Crippen LogP contribution in [-0.4, -0.2) is 44.2 Å². The first kappa shape index (κ1) is 20.9. The highest BCUT2D eigenvalue weighted by Gasteiger charge is 2.28. The molecule has 1 N–H and O–H groups in total. The first-order valence-electron chi connectivity index (χ1n) is 8.46. The molecule has 1 aromatic carbocycles. The second-order valence-corrected chi connectivity index (χ2v) is 5.10. The molecule has 1 atom stereocenters. The van der Waals surface area contributed by atoms with Gasteiger partial charge >= 0.3 is 12.1 Å².